The Kier molecular flexibility index (Phi) is 10.1. The molecule has 2 aliphatic heterocycles. The minimum absolute atomic E-state index is 0.105. The van der Waals surface area contributed by atoms with Crippen LogP contribution in [-0.2, 0) is 22.6 Å². The van der Waals surface area contributed by atoms with Crippen molar-refractivity contribution in [2.45, 2.75) is 69.6 Å². The molecule has 11 heteroatoms. The second-order valence-electron chi connectivity index (χ2n) is 13.1. The van der Waals surface area contributed by atoms with Crippen molar-refractivity contribution in [1.82, 2.24) is 31.2 Å². The van der Waals surface area contributed by atoms with Crippen molar-refractivity contribution in [2.75, 3.05) is 20.2 Å². The zero-order valence-corrected chi connectivity index (χ0v) is 29.0. The molecule has 4 heterocycles. The number of rotatable bonds is 11. The number of hydrogen-bond donors (Lipinski definition) is 4. The summed E-state index contributed by atoms with van der Waals surface area (Å²) in [5.74, 6) is 0.757. The molecule has 2 saturated heterocycles. The van der Waals surface area contributed by atoms with Crippen molar-refractivity contribution in [3.05, 3.63) is 87.7 Å². The Bertz CT molecular complexity index is 1880. The van der Waals surface area contributed by atoms with Gasteiger partial charge in [-0.2, -0.15) is 0 Å². The first-order chi connectivity index (χ1) is 23.9. The van der Waals surface area contributed by atoms with Crippen LogP contribution in [0.3, 0.4) is 0 Å². The fourth-order valence-electron chi connectivity index (χ4n) is 7.17. The lowest BCUT2D eigenvalue weighted by Crippen LogP contribution is -2.38. The molecule has 2 amide bonds. The summed E-state index contributed by atoms with van der Waals surface area (Å²) in [4.78, 5) is 32.9. The van der Waals surface area contributed by atoms with Crippen molar-refractivity contribution in [3.8, 4) is 39.4 Å². The Labute approximate surface area is 296 Å². The van der Waals surface area contributed by atoms with Gasteiger partial charge in [-0.25, -0.2) is 4.98 Å². The fraction of sp³-hybridized carbons (Fsp3) is 0.368. The maximum atomic E-state index is 11.6. The second kappa shape index (κ2) is 14.8. The average Bonchev–Trinajstić information content (AvgIpc) is 3.74. The molecule has 9 nitrogen and oxygen atoms in total. The van der Waals surface area contributed by atoms with Crippen molar-refractivity contribution in [1.29, 1.82) is 0 Å². The number of nitrogens with one attached hydrogen (secondary N) is 4. The Morgan fingerprint density at radius 3 is 2.20 bits per heavy atom. The first kappa shape index (κ1) is 33.5. The number of hydrogen-bond acceptors (Lipinski definition) is 7. The van der Waals surface area contributed by atoms with E-state index in [9.17, 15) is 9.59 Å². The normalized spacial score (nSPS) is 20.2. The van der Waals surface area contributed by atoms with Crippen molar-refractivity contribution < 1.29 is 14.3 Å². The van der Waals surface area contributed by atoms with E-state index in [1.54, 1.807) is 7.11 Å². The molecular formula is C38H40Cl2N6O3. The molecule has 2 unspecified atom stereocenters. The molecule has 0 radical (unpaired) electrons. The molecule has 3 atom stereocenters. The van der Waals surface area contributed by atoms with E-state index < -0.39 is 0 Å². The zero-order chi connectivity index (χ0) is 33.9. The number of ether oxygens (including phenoxy) is 1. The lowest BCUT2D eigenvalue weighted by atomic mass is 9.89. The fourth-order valence-corrected chi connectivity index (χ4v) is 7.83. The average molecular weight is 700 g/mol. The molecule has 3 aliphatic rings. The number of carbonyl (C=O) groups excluding carboxylic acids is 2. The molecule has 4 aromatic rings. The molecule has 49 heavy (non-hydrogen) atoms. The van der Waals surface area contributed by atoms with Crippen LogP contribution in [0.2, 0.25) is 10.0 Å². The zero-order valence-electron chi connectivity index (χ0n) is 27.5. The van der Waals surface area contributed by atoms with Gasteiger partial charge in [0.1, 0.15) is 0 Å². The summed E-state index contributed by atoms with van der Waals surface area (Å²) in [6, 6.07) is 18.5. The van der Waals surface area contributed by atoms with Gasteiger partial charge in [-0.1, -0.05) is 65.7 Å². The molecule has 0 saturated carbocycles. The van der Waals surface area contributed by atoms with Crippen LogP contribution in [0, 0.1) is 0 Å². The van der Waals surface area contributed by atoms with Gasteiger partial charge in [0, 0.05) is 90.2 Å². The van der Waals surface area contributed by atoms with E-state index in [1.807, 2.05) is 54.7 Å². The highest BCUT2D eigenvalue weighted by Gasteiger charge is 2.26. The highest BCUT2D eigenvalue weighted by molar-refractivity contribution is 6.39. The molecule has 1 aliphatic carbocycles. The Hall–Kier alpha value is -4.02. The van der Waals surface area contributed by atoms with E-state index >= 15 is 0 Å². The predicted molar refractivity (Wildman–Crippen MR) is 193 cm³/mol. The maximum absolute atomic E-state index is 11.6. The molecule has 2 aromatic heterocycles. The van der Waals surface area contributed by atoms with Crippen LogP contribution in [0.25, 0.3) is 33.5 Å². The number of aryl methyl sites for hydroxylation is 1. The summed E-state index contributed by atoms with van der Waals surface area (Å²) in [7, 11) is 1.61. The summed E-state index contributed by atoms with van der Waals surface area (Å²) in [5, 5.41) is 14.2. The summed E-state index contributed by atoms with van der Waals surface area (Å²) in [6.07, 6.45) is 7.86. The molecule has 4 N–H and O–H groups in total. The first-order valence-electron chi connectivity index (χ1n) is 17.0. The molecule has 2 aromatic carbocycles. The summed E-state index contributed by atoms with van der Waals surface area (Å²) in [6.45, 7) is 2.00. The lowest BCUT2D eigenvalue weighted by molar-refractivity contribution is -0.120. The van der Waals surface area contributed by atoms with Crippen LogP contribution in [-0.4, -0.2) is 54.1 Å². The second-order valence-corrected chi connectivity index (χ2v) is 13.8. The highest BCUT2D eigenvalue weighted by Crippen LogP contribution is 2.43. The van der Waals surface area contributed by atoms with Crippen LogP contribution in [0.5, 0.6) is 5.88 Å². The van der Waals surface area contributed by atoms with Gasteiger partial charge in [0.2, 0.25) is 17.7 Å². The van der Waals surface area contributed by atoms with Crippen LogP contribution < -0.4 is 26.0 Å². The number of amides is 2. The Morgan fingerprint density at radius 2 is 1.51 bits per heavy atom. The Morgan fingerprint density at radius 1 is 0.837 bits per heavy atom. The van der Waals surface area contributed by atoms with Gasteiger partial charge in [-0.3, -0.25) is 14.6 Å². The number of carbonyl (C=O) groups is 2. The third-order valence-corrected chi connectivity index (χ3v) is 10.6. The maximum Gasteiger partial charge on any atom is 0.220 e. The van der Waals surface area contributed by atoms with Crippen LogP contribution in [0.15, 0.2) is 60.8 Å². The molecular weight excluding hydrogens is 659 g/mol. The number of fused-ring (bicyclic) bond motifs is 1. The van der Waals surface area contributed by atoms with Gasteiger partial charge in [0.25, 0.3) is 0 Å². The highest BCUT2D eigenvalue weighted by atomic mass is 35.5. The molecule has 254 valence electrons. The number of nitrogens with zero attached hydrogens (tertiary/aromatic N) is 2. The summed E-state index contributed by atoms with van der Waals surface area (Å²) >= 11 is 14.3. The third kappa shape index (κ3) is 7.31. The Balaban J connectivity index is 1.10. The SMILES string of the molecule is COc1nc(-c2cccc(-c3cccc(-c4cnc5c(c4)CCCC5NC[C@@H]4CCC(=O)N4)c3Cl)c2Cl)ccc1CNCC1CCC(=O)N1. The quantitative estimate of drug-likeness (QED) is 0.143. The van der Waals surface area contributed by atoms with Gasteiger partial charge < -0.3 is 26.0 Å². The number of benzene rings is 2. The van der Waals surface area contributed by atoms with Gasteiger partial charge in [0.15, 0.2) is 0 Å². The van der Waals surface area contributed by atoms with Crippen LogP contribution in [0.4, 0.5) is 0 Å². The summed E-state index contributed by atoms with van der Waals surface area (Å²) in [5.41, 5.74) is 8.19. The van der Waals surface area contributed by atoms with E-state index in [-0.39, 0.29) is 29.9 Å². The van der Waals surface area contributed by atoms with E-state index in [0.29, 0.717) is 47.6 Å². The number of methoxy groups -OCH3 is 1. The standard InChI is InChI=1S/C38H40Cl2N6O3/c1-49-38-23(18-41-20-25-12-15-33(47)44-25)11-14-31(46-38)30-9-4-8-29(36(30)40)28-7-3-6-27(35(28)39)24-17-22-5-2-10-32(37(22)43-19-24)42-21-26-13-16-34(48)45-26/h3-4,6-9,11,14,17,19,25-26,32,41-42H,2,5,10,12-13,15-16,18,20-21H2,1H3,(H,44,47)(H,45,48)/t25?,26-,32?/m0/s1. The van der Waals surface area contributed by atoms with Gasteiger partial charge in [-0.05, 0) is 49.8 Å². The monoisotopic (exact) mass is 698 g/mol. The van der Waals surface area contributed by atoms with Gasteiger partial charge in [-0.15, -0.1) is 0 Å². The largest absolute Gasteiger partial charge is 0.481 e. The van der Waals surface area contributed by atoms with E-state index in [0.717, 1.165) is 77.7 Å². The molecule has 2 fully saturated rings. The van der Waals surface area contributed by atoms with Crippen molar-refractivity contribution in [3.63, 3.8) is 0 Å². The minimum Gasteiger partial charge on any atom is -0.481 e. The summed E-state index contributed by atoms with van der Waals surface area (Å²) < 4.78 is 5.66. The predicted octanol–water partition coefficient (Wildman–Crippen LogP) is 6.41. The van der Waals surface area contributed by atoms with Crippen molar-refractivity contribution >= 4 is 35.0 Å². The molecule has 0 bridgehead atoms. The van der Waals surface area contributed by atoms with E-state index in [1.165, 1.54) is 5.56 Å². The van der Waals surface area contributed by atoms with Gasteiger partial charge in [0.05, 0.1) is 28.5 Å². The first-order valence-corrected chi connectivity index (χ1v) is 17.8. The minimum atomic E-state index is 0.105. The third-order valence-electron chi connectivity index (χ3n) is 9.76. The number of pyridine rings is 2. The topological polar surface area (TPSA) is 117 Å². The molecule has 0 spiro atoms. The van der Waals surface area contributed by atoms with Crippen LogP contribution >= 0.6 is 23.2 Å². The number of halogens is 2. The van der Waals surface area contributed by atoms with E-state index in [4.69, 9.17) is 37.9 Å². The van der Waals surface area contributed by atoms with Crippen LogP contribution in [0.1, 0.15) is 61.4 Å². The molecule has 7 rings (SSSR count). The smallest absolute Gasteiger partial charge is 0.220 e. The van der Waals surface area contributed by atoms with Gasteiger partial charge >= 0.3 is 0 Å². The lowest BCUT2D eigenvalue weighted by Gasteiger charge is -2.27. The van der Waals surface area contributed by atoms with E-state index in [2.05, 4.69) is 27.3 Å². The number of aromatic nitrogens is 2. The van der Waals surface area contributed by atoms with Crippen molar-refractivity contribution in [2.24, 2.45) is 0 Å².